The Bertz CT molecular complexity index is 326. The van der Waals surface area contributed by atoms with Crippen LogP contribution >= 0.6 is 11.5 Å². The predicted molar refractivity (Wildman–Crippen MR) is 62.0 cm³/mol. The smallest absolute Gasteiger partial charge is 0.149 e. The van der Waals surface area contributed by atoms with E-state index in [2.05, 4.69) is 28.1 Å². The number of nitrogens with one attached hydrogen (secondary N) is 1. The van der Waals surface area contributed by atoms with E-state index in [1.165, 1.54) is 10.4 Å². The summed E-state index contributed by atoms with van der Waals surface area (Å²) >= 11 is 1.57. The standard InChI is InChI=1S/C10H15N3S/c1-3-9-8(2)14-12-10(9)13-6-4-11-5-7-13/h3,11H,1,4-7H2,2H3. The van der Waals surface area contributed by atoms with Gasteiger partial charge in [-0.3, -0.25) is 0 Å². The summed E-state index contributed by atoms with van der Waals surface area (Å²) in [6.07, 6.45) is 1.91. The van der Waals surface area contributed by atoms with Crippen molar-refractivity contribution in [2.45, 2.75) is 6.92 Å². The molecule has 0 amide bonds. The summed E-state index contributed by atoms with van der Waals surface area (Å²) < 4.78 is 4.48. The van der Waals surface area contributed by atoms with Gasteiger partial charge in [-0.1, -0.05) is 12.7 Å². The molecule has 2 heterocycles. The van der Waals surface area contributed by atoms with Gasteiger partial charge in [-0.2, -0.15) is 4.37 Å². The molecule has 1 aromatic heterocycles. The Kier molecular flexibility index (Phi) is 2.84. The summed E-state index contributed by atoms with van der Waals surface area (Å²) in [6, 6.07) is 0. The Morgan fingerprint density at radius 1 is 1.50 bits per heavy atom. The summed E-state index contributed by atoms with van der Waals surface area (Å²) in [6.45, 7) is 10.1. The fourth-order valence-corrected chi connectivity index (χ4v) is 2.42. The number of piperazine rings is 1. The first-order valence-electron chi connectivity index (χ1n) is 4.87. The number of aromatic nitrogens is 1. The molecule has 1 aliphatic heterocycles. The summed E-state index contributed by atoms with van der Waals surface area (Å²) in [5, 5.41) is 3.34. The van der Waals surface area contributed by atoms with Gasteiger partial charge in [-0.25, -0.2) is 0 Å². The van der Waals surface area contributed by atoms with E-state index in [4.69, 9.17) is 0 Å². The highest BCUT2D eigenvalue weighted by atomic mass is 32.1. The molecule has 1 aliphatic rings. The van der Waals surface area contributed by atoms with Crippen LogP contribution in [0.25, 0.3) is 6.08 Å². The summed E-state index contributed by atoms with van der Waals surface area (Å²) in [7, 11) is 0. The van der Waals surface area contributed by atoms with Gasteiger partial charge in [0.2, 0.25) is 0 Å². The van der Waals surface area contributed by atoms with Crippen LogP contribution in [0.1, 0.15) is 10.4 Å². The average molecular weight is 209 g/mol. The third kappa shape index (κ3) is 1.67. The maximum absolute atomic E-state index is 4.48. The zero-order valence-corrected chi connectivity index (χ0v) is 9.23. The average Bonchev–Trinajstić information content (AvgIpc) is 2.61. The maximum atomic E-state index is 4.48. The van der Waals surface area contributed by atoms with Crippen molar-refractivity contribution in [2.24, 2.45) is 0 Å². The fourth-order valence-electron chi connectivity index (χ4n) is 1.71. The molecule has 76 valence electrons. The quantitative estimate of drug-likeness (QED) is 0.800. The predicted octanol–water partition coefficient (Wildman–Crippen LogP) is 1.50. The number of hydrogen-bond acceptors (Lipinski definition) is 4. The van der Waals surface area contributed by atoms with Gasteiger partial charge in [-0.15, -0.1) is 0 Å². The second-order valence-electron chi connectivity index (χ2n) is 3.42. The number of nitrogens with zero attached hydrogens (tertiary/aromatic N) is 2. The van der Waals surface area contributed by atoms with Crippen molar-refractivity contribution in [3.05, 3.63) is 17.0 Å². The molecular formula is C10H15N3S. The minimum Gasteiger partial charge on any atom is -0.353 e. The zero-order chi connectivity index (χ0) is 9.97. The first kappa shape index (κ1) is 9.68. The number of aryl methyl sites for hydroxylation is 1. The lowest BCUT2D eigenvalue weighted by Gasteiger charge is -2.28. The molecular weight excluding hydrogens is 194 g/mol. The minimum absolute atomic E-state index is 1.05. The molecule has 0 unspecified atom stereocenters. The highest BCUT2D eigenvalue weighted by Crippen LogP contribution is 2.26. The van der Waals surface area contributed by atoms with E-state index < -0.39 is 0 Å². The van der Waals surface area contributed by atoms with Crippen LogP contribution in [0.4, 0.5) is 5.82 Å². The number of anilines is 1. The van der Waals surface area contributed by atoms with Crippen molar-refractivity contribution in [3.63, 3.8) is 0 Å². The summed E-state index contributed by atoms with van der Waals surface area (Å²) in [5.74, 6) is 1.11. The van der Waals surface area contributed by atoms with Crippen LogP contribution in [0, 0.1) is 6.92 Å². The fraction of sp³-hybridized carbons (Fsp3) is 0.500. The molecule has 4 heteroatoms. The molecule has 1 saturated heterocycles. The SMILES string of the molecule is C=Cc1c(N2CCNCC2)nsc1C. The highest BCUT2D eigenvalue weighted by Gasteiger charge is 2.16. The van der Waals surface area contributed by atoms with E-state index in [1.807, 2.05) is 6.08 Å². The third-order valence-corrected chi connectivity index (χ3v) is 3.27. The maximum Gasteiger partial charge on any atom is 0.149 e. The second-order valence-corrected chi connectivity index (χ2v) is 4.39. The van der Waals surface area contributed by atoms with E-state index in [1.54, 1.807) is 11.5 Å². The normalized spacial score (nSPS) is 17.1. The topological polar surface area (TPSA) is 28.2 Å². The van der Waals surface area contributed by atoms with Crippen LogP contribution in [0.3, 0.4) is 0 Å². The van der Waals surface area contributed by atoms with Crippen molar-refractivity contribution in [3.8, 4) is 0 Å². The van der Waals surface area contributed by atoms with Crippen LogP contribution in [0.2, 0.25) is 0 Å². The Morgan fingerprint density at radius 2 is 2.21 bits per heavy atom. The van der Waals surface area contributed by atoms with Crippen LogP contribution in [-0.2, 0) is 0 Å². The van der Waals surface area contributed by atoms with Gasteiger partial charge in [0.15, 0.2) is 0 Å². The van der Waals surface area contributed by atoms with E-state index in [-0.39, 0.29) is 0 Å². The first-order chi connectivity index (χ1) is 6.83. The number of rotatable bonds is 2. The van der Waals surface area contributed by atoms with Crippen LogP contribution in [-0.4, -0.2) is 30.6 Å². The van der Waals surface area contributed by atoms with Crippen molar-refractivity contribution < 1.29 is 0 Å². The van der Waals surface area contributed by atoms with Crippen LogP contribution in [0.5, 0.6) is 0 Å². The molecule has 0 spiro atoms. The van der Waals surface area contributed by atoms with Gasteiger partial charge in [0.05, 0.1) is 0 Å². The molecule has 0 aromatic carbocycles. The molecule has 1 fully saturated rings. The minimum atomic E-state index is 1.05. The van der Waals surface area contributed by atoms with Gasteiger partial charge < -0.3 is 10.2 Å². The van der Waals surface area contributed by atoms with Crippen molar-refractivity contribution in [1.29, 1.82) is 0 Å². The zero-order valence-electron chi connectivity index (χ0n) is 8.42. The van der Waals surface area contributed by atoms with E-state index in [0.717, 1.165) is 32.0 Å². The largest absolute Gasteiger partial charge is 0.353 e. The number of hydrogen-bond donors (Lipinski definition) is 1. The molecule has 0 aliphatic carbocycles. The second kappa shape index (κ2) is 4.11. The van der Waals surface area contributed by atoms with Gasteiger partial charge in [0, 0.05) is 36.6 Å². The van der Waals surface area contributed by atoms with Crippen molar-refractivity contribution in [1.82, 2.24) is 9.69 Å². The van der Waals surface area contributed by atoms with Gasteiger partial charge in [0.25, 0.3) is 0 Å². The van der Waals surface area contributed by atoms with E-state index >= 15 is 0 Å². The lowest BCUT2D eigenvalue weighted by Crippen LogP contribution is -2.43. The lowest BCUT2D eigenvalue weighted by molar-refractivity contribution is 0.586. The highest BCUT2D eigenvalue weighted by molar-refractivity contribution is 7.06. The summed E-state index contributed by atoms with van der Waals surface area (Å²) in [4.78, 5) is 3.59. The molecule has 14 heavy (non-hydrogen) atoms. The molecule has 0 bridgehead atoms. The first-order valence-corrected chi connectivity index (χ1v) is 5.64. The molecule has 0 atom stereocenters. The van der Waals surface area contributed by atoms with Gasteiger partial charge in [0.1, 0.15) is 5.82 Å². The third-order valence-electron chi connectivity index (χ3n) is 2.51. The Balaban J connectivity index is 2.25. The molecule has 0 saturated carbocycles. The van der Waals surface area contributed by atoms with Crippen LogP contribution < -0.4 is 10.2 Å². The Morgan fingerprint density at radius 3 is 2.86 bits per heavy atom. The van der Waals surface area contributed by atoms with Gasteiger partial charge >= 0.3 is 0 Å². The lowest BCUT2D eigenvalue weighted by atomic mass is 10.2. The Hall–Kier alpha value is -0.870. The van der Waals surface area contributed by atoms with Crippen LogP contribution in [0.15, 0.2) is 6.58 Å². The van der Waals surface area contributed by atoms with E-state index in [9.17, 15) is 0 Å². The van der Waals surface area contributed by atoms with Gasteiger partial charge in [-0.05, 0) is 18.5 Å². The molecule has 0 radical (unpaired) electrons. The van der Waals surface area contributed by atoms with Crippen molar-refractivity contribution in [2.75, 3.05) is 31.1 Å². The Labute approximate surface area is 88.6 Å². The summed E-state index contributed by atoms with van der Waals surface area (Å²) in [5.41, 5.74) is 1.21. The van der Waals surface area contributed by atoms with Crippen molar-refractivity contribution >= 4 is 23.4 Å². The monoisotopic (exact) mass is 209 g/mol. The molecule has 1 aromatic rings. The molecule has 2 rings (SSSR count). The molecule has 3 nitrogen and oxygen atoms in total. The molecule has 1 N–H and O–H groups in total. The van der Waals surface area contributed by atoms with E-state index in [0.29, 0.717) is 0 Å².